The van der Waals surface area contributed by atoms with E-state index >= 15 is 0 Å². The zero-order valence-corrected chi connectivity index (χ0v) is 24.7. The highest BCUT2D eigenvalue weighted by molar-refractivity contribution is 5.90. The molecule has 0 aromatic rings. The van der Waals surface area contributed by atoms with Crippen molar-refractivity contribution in [2.24, 2.45) is 50.2 Å². The Kier molecular flexibility index (Phi) is 5.13. The maximum absolute atomic E-state index is 14.6. The van der Waals surface area contributed by atoms with Crippen LogP contribution in [-0.4, -0.2) is 40.8 Å². The molecule has 5 unspecified atom stereocenters. The van der Waals surface area contributed by atoms with Gasteiger partial charge in [0.05, 0.1) is 6.10 Å². The van der Waals surface area contributed by atoms with Crippen LogP contribution in [0.25, 0.3) is 0 Å². The summed E-state index contributed by atoms with van der Waals surface area (Å²) in [4.78, 5) is 26.6. The van der Waals surface area contributed by atoms with Crippen molar-refractivity contribution in [2.75, 3.05) is 0 Å². The lowest BCUT2D eigenvalue weighted by atomic mass is 9.28. The Morgan fingerprint density at radius 1 is 0.919 bits per heavy atom. The lowest BCUT2D eigenvalue weighted by molar-refractivity contribution is -0.441. The highest BCUT2D eigenvalue weighted by Gasteiger charge is 2.85. The van der Waals surface area contributed by atoms with Gasteiger partial charge in [0.2, 0.25) is 0 Å². The van der Waals surface area contributed by atoms with Gasteiger partial charge in [0.1, 0.15) is 17.8 Å². The van der Waals surface area contributed by atoms with Crippen molar-refractivity contribution in [3.8, 4) is 0 Å². The molecule has 0 bridgehead atoms. The van der Waals surface area contributed by atoms with Gasteiger partial charge >= 0.3 is 5.97 Å². The fourth-order valence-electron chi connectivity index (χ4n) is 12.1. The number of hydrogen-bond donors (Lipinski definition) is 1. The minimum absolute atomic E-state index is 0.0278. The van der Waals surface area contributed by atoms with Crippen LogP contribution in [0.5, 0.6) is 0 Å². The predicted molar refractivity (Wildman–Crippen MR) is 142 cm³/mol. The van der Waals surface area contributed by atoms with E-state index < -0.39 is 11.7 Å². The van der Waals surface area contributed by atoms with Gasteiger partial charge in [-0.2, -0.15) is 0 Å². The van der Waals surface area contributed by atoms with Crippen molar-refractivity contribution >= 4 is 11.8 Å². The number of esters is 1. The maximum Gasteiger partial charge on any atom is 0.302 e. The van der Waals surface area contributed by atoms with Crippen molar-refractivity contribution in [1.82, 2.24) is 0 Å². The summed E-state index contributed by atoms with van der Waals surface area (Å²) in [6.07, 6.45) is 6.92. The number of carbonyl (C=O) groups is 2. The highest BCUT2D eigenvalue weighted by Crippen LogP contribution is 2.81. The third kappa shape index (κ3) is 2.75. The quantitative estimate of drug-likeness (QED) is 0.428. The van der Waals surface area contributed by atoms with Crippen LogP contribution in [0.4, 0.5) is 0 Å². The third-order valence-electron chi connectivity index (χ3n) is 14.3. The van der Waals surface area contributed by atoms with Crippen LogP contribution in [0.15, 0.2) is 0 Å². The van der Waals surface area contributed by atoms with Gasteiger partial charge in [-0.3, -0.25) is 9.59 Å². The Morgan fingerprint density at radius 2 is 1.57 bits per heavy atom. The summed E-state index contributed by atoms with van der Waals surface area (Å²) in [7, 11) is 0. The molecule has 1 spiro atoms. The number of aliphatic hydroxyl groups excluding tert-OH is 1. The van der Waals surface area contributed by atoms with Crippen LogP contribution in [0.3, 0.4) is 0 Å². The molecule has 6 fully saturated rings. The molecule has 37 heavy (non-hydrogen) atoms. The Hall–Kier alpha value is -0.940. The van der Waals surface area contributed by atoms with Crippen molar-refractivity contribution in [3.63, 3.8) is 0 Å². The normalized spacial score (nSPS) is 57.1. The second kappa shape index (κ2) is 7.22. The Morgan fingerprint density at radius 3 is 2.22 bits per heavy atom. The van der Waals surface area contributed by atoms with Gasteiger partial charge in [-0.05, 0) is 78.9 Å². The fraction of sp³-hybridized carbons (Fsp3) is 0.938. The molecule has 5 saturated carbocycles. The zero-order chi connectivity index (χ0) is 27.2. The molecule has 5 heteroatoms. The van der Waals surface area contributed by atoms with E-state index in [9.17, 15) is 14.7 Å². The second-order valence-electron chi connectivity index (χ2n) is 16.5. The number of hydrogen-bond acceptors (Lipinski definition) is 5. The monoisotopic (exact) mass is 514 g/mol. The minimum Gasteiger partial charge on any atom is -0.462 e. The number of ketones is 1. The summed E-state index contributed by atoms with van der Waals surface area (Å²) in [5, 5.41) is 12.2. The molecule has 208 valence electrons. The summed E-state index contributed by atoms with van der Waals surface area (Å²) in [6.45, 7) is 20.1. The van der Waals surface area contributed by atoms with Gasteiger partial charge in [0.15, 0.2) is 5.78 Å². The number of rotatable bonds is 1. The summed E-state index contributed by atoms with van der Waals surface area (Å²) in [5.41, 5.74) is -1.57. The summed E-state index contributed by atoms with van der Waals surface area (Å²) >= 11 is 0. The number of Topliss-reactive ketones (excluding diaryl/α,β-unsaturated/α-hetero) is 1. The van der Waals surface area contributed by atoms with E-state index in [0.29, 0.717) is 0 Å². The van der Waals surface area contributed by atoms with Crippen LogP contribution in [0, 0.1) is 50.2 Å². The van der Waals surface area contributed by atoms with E-state index in [-0.39, 0.29) is 74.2 Å². The molecule has 0 aromatic heterocycles. The standard InChI is InChI=1S/C32H50O5/c1-18(33)36-20-11-12-29(7)19(27(20,4)5)10-13-30(8)22(29)21(34)24(35)32-23-25(37-32)26(2,3)14-15-28(23,6)16-17-31(30,32)9/h19-20,22-25,35H,10-17H2,1-9H3/t19?,20-,22?,23?,24?,25?,28+,29-,30+,31-,32+/m0/s1. The maximum atomic E-state index is 14.6. The van der Waals surface area contributed by atoms with Gasteiger partial charge in [-0.1, -0.05) is 55.4 Å². The summed E-state index contributed by atoms with van der Waals surface area (Å²) < 4.78 is 12.9. The van der Waals surface area contributed by atoms with Crippen LogP contribution in [-0.2, 0) is 19.1 Å². The number of aliphatic hydroxyl groups is 1. The van der Waals surface area contributed by atoms with E-state index in [1.807, 2.05) is 0 Å². The smallest absolute Gasteiger partial charge is 0.302 e. The highest BCUT2D eigenvalue weighted by atomic mass is 16.6. The molecule has 0 radical (unpaired) electrons. The first kappa shape index (κ1) is 26.3. The van der Waals surface area contributed by atoms with Crippen molar-refractivity contribution < 1.29 is 24.2 Å². The average Bonchev–Trinajstić information content (AvgIpc) is 2.75. The molecule has 1 saturated heterocycles. The summed E-state index contributed by atoms with van der Waals surface area (Å²) in [6, 6.07) is 0. The number of fused-ring (bicyclic) bond motifs is 4. The van der Waals surface area contributed by atoms with Crippen molar-refractivity contribution in [3.05, 3.63) is 0 Å². The van der Waals surface area contributed by atoms with Gasteiger partial charge < -0.3 is 14.6 Å². The topological polar surface area (TPSA) is 72.8 Å². The second-order valence-corrected chi connectivity index (χ2v) is 16.5. The third-order valence-corrected chi connectivity index (χ3v) is 14.3. The SMILES string of the molecule is CC(=O)O[C@H]1CC[C@@]2(C)C(CC[C@]3(C)C2C(=O)C(O)[C@]24OC5C2[C@](C)(CCC5(C)C)CC[C@]43C)C1(C)C. The van der Waals surface area contributed by atoms with Crippen molar-refractivity contribution in [1.29, 1.82) is 0 Å². The first-order valence-electron chi connectivity index (χ1n) is 15.0. The predicted octanol–water partition coefficient (Wildman–Crippen LogP) is 6.10. The van der Waals surface area contributed by atoms with E-state index in [2.05, 4.69) is 55.4 Å². The van der Waals surface area contributed by atoms with Gasteiger partial charge in [0, 0.05) is 29.6 Å². The lowest BCUT2D eigenvalue weighted by Gasteiger charge is -2.82. The first-order valence-corrected chi connectivity index (χ1v) is 15.0. The van der Waals surface area contributed by atoms with Crippen LogP contribution in [0.1, 0.15) is 114 Å². The Labute approximate surface area is 223 Å². The molecule has 0 amide bonds. The van der Waals surface area contributed by atoms with Crippen LogP contribution in [0.2, 0.25) is 0 Å². The van der Waals surface area contributed by atoms with Crippen molar-refractivity contribution in [2.45, 2.75) is 138 Å². The molecule has 1 heterocycles. The largest absolute Gasteiger partial charge is 0.462 e. The van der Waals surface area contributed by atoms with E-state index in [0.717, 1.165) is 51.4 Å². The van der Waals surface area contributed by atoms with Crippen LogP contribution < -0.4 is 0 Å². The summed E-state index contributed by atoms with van der Waals surface area (Å²) in [5.74, 6) is 0.0622. The molecular formula is C32H50O5. The molecule has 0 aromatic carbocycles. The molecule has 11 atom stereocenters. The van der Waals surface area contributed by atoms with E-state index in [1.165, 1.54) is 6.92 Å². The average molecular weight is 515 g/mol. The number of carbonyl (C=O) groups excluding carboxylic acids is 2. The van der Waals surface area contributed by atoms with E-state index in [1.54, 1.807) is 0 Å². The van der Waals surface area contributed by atoms with Crippen LogP contribution >= 0.6 is 0 Å². The fourth-order valence-corrected chi connectivity index (χ4v) is 12.1. The Bertz CT molecular complexity index is 1050. The molecule has 5 nitrogen and oxygen atoms in total. The molecule has 1 N–H and O–H groups in total. The minimum atomic E-state index is -1.07. The molecule has 6 rings (SSSR count). The molecule has 6 aliphatic rings. The first-order chi connectivity index (χ1) is 16.9. The zero-order valence-electron chi connectivity index (χ0n) is 24.7. The lowest BCUT2D eigenvalue weighted by Crippen LogP contribution is -2.88. The molecule has 1 aliphatic heterocycles. The van der Waals surface area contributed by atoms with Gasteiger partial charge in [0.25, 0.3) is 0 Å². The van der Waals surface area contributed by atoms with E-state index in [4.69, 9.17) is 9.47 Å². The Balaban J connectivity index is 1.45. The molecular weight excluding hydrogens is 464 g/mol. The van der Waals surface area contributed by atoms with Gasteiger partial charge in [-0.15, -0.1) is 0 Å². The number of ether oxygens (including phenoxy) is 2. The van der Waals surface area contributed by atoms with Gasteiger partial charge in [-0.25, -0.2) is 0 Å². The molecule has 5 aliphatic carbocycles.